The van der Waals surface area contributed by atoms with Crippen LogP contribution in [-0.4, -0.2) is 107 Å². The number of aliphatic hydroxyl groups excluding tert-OH is 5. The molecule has 0 saturated carbocycles. The van der Waals surface area contributed by atoms with Crippen molar-refractivity contribution in [3.05, 3.63) is 36.5 Å². The Morgan fingerprint density at radius 3 is 1.92 bits per heavy atom. The Morgan fingerprint density at radius 1 is 0.800 bits per heavy atom. The Labute approximate surface area is 299 Å². The fourth-order valence-corrected chi connectivity index (χ4v) is 6.00. The summed E-state index contributed by atoms with van der Waals surface area (Å²) in [6, 6.07) is -1.14. The van der Waals surface area contributed by atoms with E-state index in [-0.39, 0.29) is 6.42 Å². The highest BCUT2D eigenvalue weighted by Gasteiger charge is 2.48. The third-order valence-corrected chi connectivity index (χ3v) is 8.97. The molecule has 0 radical (unpaired) electrons. The third kappa shape index (κ3) is 21.0. The quantitative estimate of drug-likeness (QED) is 0.0328. The van der Waals surface area contributed by atoms with E-state index in [2.05, 4.69) is 47.7 Å². The Balaban J connectivity index is 2.79. The van der Waals surface area contributed by atoms with Crippen LogP contribution >= 0.6 is 0 Å². The van der Waals surface area contributed by atoms with Gasteiger partial charge >= 0.3 is 10.4 Å². The first kappa shape index (κ1) is 46.3. The molecule has 1 aliphatic rings. The summed E-state index contributed by atoms with van der Waals surface area (Å²) in [6.45, 7) is 3.06. The van der Waals surface area contributed by atoms with Gasteiger partial charge in [-0.3, -0.25) is 9.35 Å². The first-order valence-corrected chi connectivity index (χ1v) is 19.8. The van der Waals surface area contributed by atoms with Crippen LogP contribution in [-0.2, 0) is 28.9 Å². The number of carbonyl (C=O) groups is 1. The zero-order chi connectivity index (χ0) is 37.2. The number of hydrogen-bond donors (Lipinski definition) is 7. The van der Waals surface area contributed by atoms with E-state index >= 15 is 0 Å². The third-order valence-electron chi connectivity index (χ3n) is 8.51. The number of nitrogens with one attached hydrogen (secondary N) is 1. The molecule has 50 heavy (non-hydrogen) atoms. The second-order valence-electron chi connectivity index (χ2n) is 12.9. The van der Waals surface area contributed by atoms with Crippen molar-refractivity contribution in [3.63, 3.8) is 0 Å². The van der Waals surface area contributed by atoms with Crippen molar-refractivity contribution in [3.8, 4) is 0 Å². The zero-order valence-corrected chi connectivity index (χ0v) is 30.9. The van der Waals surface area contributed by atoms with Gasteiger partial charge in [-0.15, -0.1) is 0 Å². The van der Waals surface area contributed by atoms with Crippen LogP contribution in [0.1, 0.15) is 123 Å². The summed E-state index contributed by atoms with van der Waals surface area (Å²) >= 11 is 0. The molecular formula is C36H65NO12S. The molecule has 7 N–H and O–H groups in total. The Morgan fingerprint density at radius 2 is 1.34 bits per heavy atom. The number of allylic oxidation sites excluding steroid dienone is 5. The Hall–Kier alpha value is -1.72. The summed E-state index contributed by atoms with van der Waals surface area (Å²) in [6.07, 6.45) is 17.0. The van der Waals surface area contributed by atoms with E-state index in [4.69, 9.17) is 14.0 Å². The van der Waals surface area contributed by atoms with Crippen LogP contribution in [0.5, 0.6) is 0 Å². The molecule has 1 heterocycles. The molecule has 13 nitrogen and oxygen atoms in total. The Bertz CT molecular complexity index is 1070. The van der Waals surface area contributed by atoms with Gasteiger partial charge in [0.25, 0.3) is 0 Å². The fourth-order valence-electron chi connectivity index (χ4n) is 5.49. The smallest absolute Gasteiger partial charge is 0.394 e. The van der Waals surface area contributed by atoms with E-state index in [1.54, 1.807) is 6.08 Å². The topological polar surface area (TPSA) is 212 Å². The van der Waals surface area contributed by atoms with Gasteiger partial charge in [0, 0.05) is 0 Å². The number of rotatable bonds is 29. The minimum atomic E-state index is -5.11. The highest BCUT2D eigenvalue weighted by atomic mass is 32.3. The number of aliphatic hydroxyl groups is 5. The standard InChI is InChI=1S/C36H65NO12S/c1-3-5-7-9-11-13-14-15-16-17-19-20-22-24-29(39)28(37-35(43)30(40)25-23-21-18-12-10-8-6-4-2)27-47-36-33(42)34(49-50(44,45)46)32(41)31(26-38)48-36/h11,13,16-17,22,24,28-34,36,38-42H,3-10,12,14-15,18-21,23,25-27H2,1-2H3,(H,37,43)(H,44,45,46)/b13-11+,17-16+,24-22+. The minimum absolute atomic E-state index is 0.233. The van der Waals surface area contributed by atoms with Crippen LogP contribution in [0.25, 0.3) is 0 Å². The summed E-state index contributed by atoms with van der Waals surface area (Å²) in [5.41, 5.74) is 0. The average Bonchev–Trinajstić information content (AvgIpc) is 3.08. The van der Waals surface area contributed by atoms with Crippen LogP contribution in [0.15, 0.2) is 36.5 Å². The molecule has 1 rings (SSSR count). The summed E-state index contributed by atoms with van der Waals surface area (Å²) in [4.78, 5) is 12.9. The van der Waals surface area contributed by atoms with E-state index in [9.17, 15) is 38.7 Å². The predicted octanol–water partition coefficient (Wildman–Crippen LogP) is 4.18. The first-order valence-electron chi connectivity index (χ1n) is 18.5. The Kier molecular flexibility index (Phi) is 25.8. The average molecular weight is 736 g/mol. The predicted molar refractivity (Wildman–Crippen MR) is 191 cm³/mol. The molecule has 1 amide bonds. The number of ether oxygens (including phenoxy) is 2. The molecule has 8 atom stereocenters. The lowest BCUT2D eigenvalue weighted by atomic mass is 9.99. The maximum absolute atomic E-state index is 12.9. The lowest BCUT2D eigenvalue weighted by Gasteiger charge is -2.41. The number of carbonyl (C=O) groups excluding carboxylic acids is 1. The van der Waals surface area contributed by atoms with E-state index < -0.39 is 78.5 Å². The summed E-state index contributed by atoms with van der Waals surface area (Å²) in [5.74, 6) is -0.724. The maximum atomic E-state index is 12.9. The van der Waals surface area contributed by atoms with Gasteiger partial charge in [0.2, 0.25) is 5.91 Å². The lowest BCUT2D eigenvalue weighted by Crippen LogP contribution is -2.61. The molecule has 0 bridgehead atoms. The van der Waals surface area contributed by atoms with Gasteiger partial charge < -0.3 is 40.3 Å². The van der Waals surface area contributed by atoms with Gasteiger partial charge in [0.1, 0.15) is 30.5 Å². The fraction of sp³-hybridized carbons (Fsp3) is 0.806. The maximum Gasteiger partial charge on any atom is 0.397 e. The lowest BCUT2D eigenvalue weighted by molar-refractivity contribution is -0.298. The normalized spacial score (nSPS) is 23.6. The van der Waals surface area contributed by atoms with Crippen LogP contribution in [0, 0.1) is 0 Å². The van der Waals surface area contributed by atoms with E-state index in [0.717, 1.165) is 51.4 Å². The molecule has 1 aliphatic heterocycles. The minimum Gasteiger partial charge on any atom is -0.394 e. The van der Waals surface area contributed by atoms with Crippen molar-refractivity contribution < 1.29 is 57.0 Å². The van der Waals surface area contributed by atoms with E-state index in [0.29, 0.717) is 12.8 Å². The van der Waals surface area contributed by atoms with Crippen molar-refractivity contribution in [1.82, 2.24) is 5.32 Å². The second kappa shape index (κ2) is 27.9. The number of hydrogen-bond acceptors (Lipinski definition) is 11. The van der Waals surface area contributed by atoms with Gasteiger partial charge in [-0.1, -0.05) is 115 Å². The first-order chi connectivity index (χ1) is 23.9. The van der Waals surface area contributed by atoms with Crippen LogP contribution < -0.4 is 5.32 Å². The molecule has 1 fully saturated rings. The van der Waals surface area contributed by atoms with Crippen molar-refractivity contribution in [1.29, 1.82) is 0 Å². The van der Waals surface area contributed by atoms with Gasteiger partial charge in [-0.2, -0.15) is 8.42 Å². The van der Waals surface area contributed by atoms with Crippen LogP contribution in [0.4, 0.5) is 0 Å². The van der Waals surface area contributed by atoms with Gasteiger partial charge in [-0.05, 0) is 44.9 Å². The van der Waals surface area contributed by atoms with Crippen LogP contribution in [0.3, 0.4) is 0 Å². The molecule has 292 valence electrons. The van der Waals surface area contributed by atoms with Crippen molar-refractivity contribution >= 4 is 16.3 Å². The largest absolute Gasteiger partial charge is 0.397 e. The molecule has 8 unspecified atom stereocenters. The number of amides is 1. The zero-order valence-electron chi connectivity index (χ0n) is 30.1. The van der Waals surface area contributed by atoms with Crippen molar-refractivity contribution in [2.45, 2.75) is 172 Å². The summed E-state index contributed by atoms with van der Waals surface area (Å²) < 4.78 is 47.1. The van der Waals surface area contributed by atoms with E-state index in [1.165, 1.54) is 44.6 Å². The number of unbranched alkanes of at least 4 members (excludes halogenated alkanes) is 12. The highest BCUT2D eigenvalue weighted by molar-refractivity contribution is 7.80. The molecule has 0 aromatic heterocycles. The molecule has 0 aromatic carbocycles. The van der Waals surface area contributed by atoms with Gasteiger partial charge in [0.15, 0.2) is 6.29 Å². The highest BCUT2D eigenvalue weighted by Crippen LogP contribution is 2.26. The summed E-state index contributed by atoms with van der Waals surface area (Å²) in [7, 11) is -5.11. The van der Waals surface area contributed by atoms with Crippen molar-refractivity contribution in [2.24, 2.45) is 0 Å². The SMILES string of the molecule is CCCCC/C=C/CC/C=C/CC/C=C/C(O)C(COC1OC(CO)C(O)C(OS(=O)(=O)O)C1O)NC(=O)C(O)CCCCCCCCCC. The van der Waals surface area contributed by atoms with Crippen LogP contribution in [0.2, 0.25) is 0 Å². The van der Waals surface area contributed by atoms with Crippen molar-refractivity contribution in [2.75, 3.05) is 13.2 Å². The molecule has 0 aromatic rings. The molecule has 1 saturated heterocycles. The van der Waals surface area contributed by atoms with Gasteiger partial charge in [-0.25, -0.2) is 4.18 Å². The molecule has 14 heteroatoms. The second-order valence-corrected chi connectivity index (χ2v) is 14.0. The molecule has 0 aliphatic carbocycles. The molecule has 0 spiro atoms. The monoisotopic (exact) mass is 735 g/mol. The van der Waals surface area contributed by atoms with E-state index in [1.807, 2.05) is 0 Å². The van der Waals surface area contributed by atoms with Gasteiger partial charge in [0.05, 0.1) is 25.4 Å². The summed E-state index contributed by atoms with van der Waals surface area (Å²) in [5, 5.41) is 54.6. The molecular weight excluding hydrogens is 670 g/mol.